The number of amides is 3. The van der Waals surface area contributed by atoms with Gasteiger partial charge in [0.2, 0.25) is 11.8 Å². The SMILES string of the molecule is O=C1CCC(N2Cc3cc(-c4nc(-c5ccccc5)c(-c5ccccc5)n4C4CC4)ccc3C2=O)C(=O)N1. The van der Waals surface area contributed by atoms with E-state index in [4.69, 9.17) is 4.98 Å². The third-order valence-corrected chi connectivity index (χ3v) is 7.70. The molecule has 1 aromatic heterocycles. The lowest BCUT2D eigenvalue weighted by atomic mass is 10.0. The first-order valence-corrected chi connectivity index (χ1v) is 13.1. The van der Waals surface area contributed by atoms with Crippen molar-refractivity contribution in [1.82, 2.24) is 19.8 Å². The number of benzene rings is 3. The molecule has 3 aromatic carbocycles. The predicted molar refractivity (Wildman–Crippen MR) is 143 cm³/mol. The molecular formula is C31H26N4O3. The van der Waals surface area contributed by atoms with Gasteiger partial charge in [0.1, 0.15) is 11.9 Å². The Morgan fingerprint density at radius 2 is 1.50 bits per heavy atom. The lowest BCUT2D eigenvalue weighted by molar-refractivity contribution is -0.136. The third kappa shape index (κ3) is 3.74. The van der Waals surface area contributed by atoms with E-state index in [1.807, 2.05) is 42.5 Å². The fourth-order valence-corrected chi connectivity index (χ4v) is 5.71. The summed E-state index contributed by atoms with van der Waals surface area (Å²) in [6, 6.07) is 26.3. The van der Waals surface area contributed by atoms with Crippen LogP contribution in [-0.2, 0) is 16.1 Å². The zero-order valence-electron chi connectivity index (χ0n) is 20.8. The van der Waals surface area contributed by atoms with Crippen LogP contribution in [0.2, 0.25) is 0 Å². The van der Waals surface area contributed by atoms with Crippen LogP contribution in [0, 0.1) is 0 Å². The molecule has 1 N–H and O–H groups in total. The summed E-state index contributed by atoms with van der Waals surface area (Å²) in [5.74, 6) is 0.0430. The maximum atomic E-state index is 13.2. The van der Waals surface area contributed by atoms with Gasteiger partial charge in [-0.15, -0.1) is 0 Å². The highest BCUT2D eigenvalue weighted by atomic mass is 16.2. The Bertz CT molecular complexity index is 1590. The van der Waals surface area contributed by atoms with Gasteiger partial charge in [-0.25, -0.2) is 4.98 Å². The normalized spacial score (nSPS) is 19.0. The van der Waals surface area contributed by atoms with Crippen molar-refractivity contribution in [1.29, 1.82) is 0 Å². The molecule has 3 amide bonds. The van der Waals surface area contributed by atoms with Gasteiger partial charge < -0.3 is 9.47 Å². The van der Waals surface area contributed by atoms with Crippen molar-refractivity contribution in [3.63, 3.8) is 0 Å². The number of piperidine rings is 1. The Balaban J connectivity index is 1.33. The summed E-state index contributed by atoms with van der Waals surface area (Å²) in [4.78, 5) is 44.1. The number of aromatic nitrogens is 2. The molecule has 4 aromatic rings. The molecule has 7 rings (SSSR count). The molecule has 0 bridgehead atoms. The van der Waals surface area contributed by atoms with Crippen LogP contribution in [0.3, 0.4) is 0 Å². The first-order chi connectivity index (χ1) is 18.6. The van der Waals surface area contributed by atoms with Crippen LogP contribution in [0.15, 0.2) is 78.9 Å². The summed E-state index contributed by atoms with van der Waals surface area (Å²) in [5.41, 5.74) is 6.67. The Hall–Kier alpha value is -4.52. The van der Waals surface area contributed by atoms with Crippen molar-refractivity contribution in [2.75, 3.05) is 0 Å². The molecule has 1 saturated heterocycles. The van der Waals surface area contributed by atoms with Gasteiger partial charge in [0.25, 0.3) is 5.91 Å². The number of carbonyl (C=O) groups is 3. The fraction of sp³-hybridized carbons (Fsp3) is 0.226. The Morgan fingerprint density at radius 3 is 2.18 bits per heavy atom. The summed E-state index contributed by atoms with van der Waals surface area (Å²) in [6.07, 6.45) is 2.80. The van der Waals surface area contributed by atoms with Crippen LogP contribution < -0.4 is 5.32 Å². The van der Waals surface area contributed by atoms with E-state index in [0.717, 1.165) is 52.3 Å². The maximum Gasteiger partial charge on any atom is 0.255 e. The number of imide groups is 1. The zero-order valence-corrected chi connectivity index (χ0v) is 20.8. The van der Waals surface area contributed by atoms with E-state index in [2.05, 4.69) is 46.3 Å². The predicted octanol–water partition coefficient (Wildman–Crippen LogP) is 4.98. The lowest BCUT2D eigenvalue weighted by Crippen LogP contribution is -2.52. The van der Waals surface area contributed by atoms with Crippen LogP contribution in [0.1, 0.15) is 47.6 Å². The molecule has 1 atom stereocenters. The van der Waals surface area contributed by atoms with Gasteiger partial charge in [-0.3, -0.25) is 19.7 Å². The number of imidazole rings is 1. The minimum absolute atomic E-state index is 0.165. The van der Waals surface area contributed by atoms with Gasteiger partial charge in [0, 0.05) is 41.3 Å². The molecule has 38 heavy (non-hydrogen) atoms. The van der Waals surface area contributed by atoms with Gasteiger partial charge >= 0.3 is 0 Å². The Kier molecular flexibility index (Phi) is 5.25. The first kappa shape index (κ1) is 22.7. The number of hydrogen-bond acceptors (Lipinski definition) is 4. The molecule has 0 spiro atoms. The van der Waals surface area contributed by atoms with E-state index in [1.54, 1.807) is 4.90 Å². The number of nitrogens with one attached hydrogen (secondary N) is 1. The fourth-order valence-electron chi connectivity index (χ4n) is 5.71. The van der Waals surface area contributed by atoms with Gasteiger partial charge in [0.15, 0.2) is 0 Å². The van der Waals surface area contributed by atoms with Crippen LogP contribution in [0.5, 0.6) is 0 Å². The molecule has 1 unspecified atom stereocenters. The topological polar surface area (TPSA) is 84.3 Å². The van der Waals surface area contributed by atoms with Crippen molar-refractivity contribution < 1.29 is 14.4 Å². The molecule has 1 saturated carbocycles. The number of rotatable bonds is 5. The van der Waals surface area contributed by atoms with Crippen LogP contribution in [0.4, 0.5) is 0 Å². The number of fused-ring (bicyclic) bond motifs is 1. The molecule has 2 fully saturated rings. The van der Waals surface area contributed by atoms with E-state index in [9.17, 15) is 14.4 Å². The van der Waals surface area contributed by atoms with Crippen molar-refractivity contribution in [3.8, 4) is 33.9 Å². The standard InChI is InChI=1S/C31H26N4O3/c36-26-16-15-25(30(37)32-26)34-18-22-17-21(11-14-24(22)31(34)38)29-33-27(19-7-3-1-4-8-19)28(35(29)23-12-13-23)20-9-5-2-6-10-20/h1-11,14,17,23,25H,12-13,15-16,18H2,(H,32,36,37). The summed E-state index contributed by atoms with van der Waals surface area (Å²) < 4.78 is 2.37. The second-order valence-electron chi connectivity index (χ2n) is 10.2. The highest BCUT2D eigenvalue weighted by Crippen LogP contribution is 2.46. The average Bonchev–Trinajstić information content (AvgIpc) is 3.63. The molecule has 188 valence electrons. The summed E-state index contributed by atoms with van der Waals surface area (Å²) in [5, 5.41) is 2.37. The van der Waals surface area contributed by atoms with E-state index >= 15 is 0 Å². The molecule has 3 aliphatic rings. The van der Waals surface area contributed by atoms with Crippen molar-refractivity contribution >= 4 is 17.7 Å². The monoisotopic (exact) mass is 502 g/mol. The number of carbonyl (C=O) groups excluding carboxylic acids is 3. The average molecular weight is 503 g/mol. The van der Waals surface area contributed by atoms with Gasteiger partial charge in [-0.05, 0) is 37.0 Å². The van der Waals surface area contributed by atoms with Crippen LogP contribution in [0.25, 0.3) is 33.9 Å². The summed E-state index contributed by atoms with van der Waals surface area (Å²) in [6.45, 7) is 0.343. The van der Waals surface area contributed by atoms with Crippen molar-refractivity contribution in [3.05, 3.63) is 90.0 Å². The van der Waals surface area contributed by atoms with Gasteiger partial charge in [-0.2, -0.15) is 0 Å². The highest BCUT2D eigenvalue weighted by molar-refractivity contribution is 6.05. The molecule has 3 heterocycles. The van der Waals surface area contributed by atoms with E-state index in [-0.39, 0.29) is 18.2 Å². The summed E-state index contributed by atoms with van der Waals surface area (Å²) >= 11 is 0. The molecule has 0 radical (unpaired) electrons. The third-order valence-electron chi connectivity index (χ3n) is 7.70. The first-order valence-electron chi connectivity index (χ1n) is 13.1. The van der Waals surface area contributed by atoms with Crippen molar-refractivity contribution in [2.24, 2.45) is 0 Å². The quantitative estimate of drug-likeness (QED) is 0.390. The van der Waals surface area contributed by atoms with Gasteiger partial charge in [0.05, 0.1) is 11.4 Å². The Morgan fingerprint density at radius 1 is 0.789 bits per heavy atom. The van der Waals surface area contributed by atoms with Gasteiger partial charge in [-0.1, -0.05) is 66.7 Å². The number of hydrogen-bond donors (Lipinski definition) is 1. The Labute approximate surface area is 220 Å². The van der Waals surface area contributed by atoms with E-state index in [1.165, 1.54) is 0 Å². The van der Waals surface area contributed by atoms with Crippen molar-refractivity contribution in [2.45, 2.75) is 44.3 Å². The largest absolute Gasteiger partial charge is 0.322 e. The zero-order chi connectivity index (χ0) is 25.8. The maximum absolute atomic E-state index is 13.2. The second-order valence-corrected chi connectivity index (χ2v) is 10.2. The number of nitrogens with zero attached hydrogens (tertiary/aromatic N) is 3. The molecule has 7 heteroatoms. The lowest BCUT2D eigenvalue weighted by Gasteiger charge is -2.29. The second kappa shape index (κ2) is 8.80. The van der Waals surface area contributed by atoms with Crippen LogP contribution >= 0.6 is 0 Å². The summed E-state index contributed by atoms with van der Waals surface area (Å²) in [7, 11) is 0. The smallest absolute Gasteiger partial charge is 0.255 e. The minimum Gasteiger partial charge on any atom is -0.322 e. The minimum atomic E-state index is -0.626. The van der Waals surface area contributed by atoms with Crippen LogP contribution in [-0.4, -0.2) is 38.2 Å². The molecule has 2 aliphatic heterocycles. The highest BCUT2D eigenvalue weighted by Gasteiger charge is 2.39. The van der Waals surface area contributed by atoms with E-state index in [0.29, 0.717) is 24.6 Å². The molecule has 1 aliphatic carbocycles. The van der Waals surface area contributed by atoms with E-state index < -0.39 is 11.9 Å². The molecular weight excluding hydrogens is 476 g/mol. The molecule has 7 nitrogen and oxygen atoms in total.